The number of piperidine rings is 1. The zero-order valence-electron chi connectivity index (χ0n) is 20.3. The van der Waals surface area contributed by atoms with Gasteiger partial charge in [0.25, 0.3) is 5.91 Å². The highest BCUT2D eigenvalue weighted by Crippen LogP contribution is 2.29. The van der Waals surface area contributed by atoms with Gasteiger partial charge < -0.3 is 29.4 Å². The van der Waals surface area contributed by atoms with Crippen molar-refractivity contribution in [1.29, 1.82) is 0 Å². The Hall–Kier alpha value is -3.33. The number of esters is 1. The molecule has 35 heavy (non-hydrogen) atoms. The number of oxime groups is 1. The van der Waals surface area contributed by atoms with Gasteiger partial charge in [0.1, 0.15) is 23.2 Å². The van der Waals surface area contributed by atoms with Crippen LogP contribution < -0.4 is 0 Å². The average Bonchev–Trinajstić information content (AvgIpc) is 2.82. The van der Waals surface area contributed by atoms with E-state index in [0.717, 1.165) is 38.4 Å². The van der Waals surface area contributed by atoms with Crippen LogP contribution in [0.1, 0.15) is 54.9 Å². The summed E-state index contributed by atoms with van der Waals surface area (Å²) in [6, 6.07) is 2.48. The minimum absolute atomic E-state index is 0.0454. The maximum absolute atomic E-state index is 12.9. The highest BCUT2D eigenvalue weighted by molar-refractivity contribution is 6.00. The summed E-state index contributed by atoms with van der Waals surface area (Å²) in [5.74, 6) is -1.42. The van der Waals surface area contributed by atoms with Gasteiger partial charge in [0.15, 0.2) is 6.61 Å². The van der Waals surface area contributed by atoms with E-state index in [2.05, 4.69) is 5.16 Å². The van der Waals surface area contributed by atoms with Gasteiger partial charge in [-0.1, -0.05) is 23.4 Å². The van der Waals surface area contributed by atoms with Crippen LogP contribution in [0, 0.1) is 0 Å². The molecule has 1 fully saturated rings. The molecule has 2 aliphatic heterocycles. The minimum Gasteiger partial charge on any atom is -0.508 e. The number of aromatic hydroxyl groups is 2. The molecule has 0 aromatic heterocycles. The van der Waals surface area contributed by atoms with Gasteiger partial charge in [-0.15, -0.1) is 0 Å². The number of likely N-dealkylation sites (tertiary alicyclic amines) is 1. The molecule has 1 aromatic rings. The third-order valence-electron chi connectivity index (χ3n) is 5.95. The Labute approximate surface area is 205 Å². The molecule has 2 N–H and O–H groups in total. The largest absolute Gasteiger partial charge is 0.508 e. The molecule has 2 heterocycles. The van der Waals surface area contributed by atoms with Gasteiger partial charge in [-0.25, -0.2) is 4.79 Å². The van der Waals surface area contributed by atoms with Crippen LogP contribution in [-0.4, -0.2) is 71.7 Å². The number of carbonyl (C=O) groups is 2. The first-order chi connectivity index (χ1) is 16.9. The normalized spacial score (nSPS) is 24.7. The van der Waals surface area contributed by atoms with Crippen molar-refractivity contribution in [2.24, 2.45) is 5.16 Å². The third-order valence-corrected chi connectivity index (χ3v) is 5.95. The number of allylic oxidation sites excluding steroid dienone is 1. The number of ether oxygens (including phenoxy) is 2. The zero-order chi connectivity index (χ0) is 25.2. The first kappa shape index (κ1) is 26.3. The number of hydrogen-bond acceptors (Lipinski definition) is 8. The lowest BCUT2D eigenvalue weighted by molar-refractivity contribution is -0.137. The molecule has 1 saturated heterocycles. The molecular formula is C26H34N2O7. The second-order valence-electron chi connectivity index (χ2n) is 8.77. The van der Waals surface area contributed by atoms with Crippen molar-refractivity contribution in [3.05, 3.63) is 47.6 Å². The molecule has 1 amide bonds. The molecule has 0 radical (unpaired) electrons. The third kappa shape index (κ3) is 7.85. The number of phenols is 2. The Morgan fingerprint density at radius 2 is 1.94 bits per heavy atom. The predicted molar refractivity (Wildman–Crippen MR) is 130 cm³/mol. The number of fused-ring (bicyclic) bond motifs is 1. The summed E-state index contributed by atoms with van der Waals surface area (Å²) < 4.78 is 11.0. The van der Waals surface area contributed by atoms with E-state index in [4.69, 9.17) is 14.3 Å². The van der Waals surface area contributed by atoms with Gasteiger partial charge in [0, 0.05) is 39.1 Å². The summed E-state index contributed by atoms with van der Waals surface area (Å²) >= 11 is 0. The summed E-state index contributed by atoms with van der Waals surface area (Å²) in [5, 5.41) is 24.6. The Bertz CT molecular complexity index is 980. The lowest BCUT2D eigenvalue weighted by atomic mass is 9.99. The second kappa shape index (κ2) is 12.9. The van der Waals surface area contributed by atoms with E-state index in [1.807, 2.05) is 18.2 Å². The molecule has 9 heteroatoms. The molecule has 0 unspecified atom stereocenters. The van der Waals surface area contributed by atoms with Crippen molar-refractivity contribution in [2.75, 3.05) is 26.8 Å². The van der Waals surface area contributed by atoms with E-state index in [1.54, 1.807) is 25.0 Å². The summed E-state index contributed by atoms with van der Waals surface area (Å²) in [6.45, 7) is 3.00. The quantitative estimate of drug-likeness (QED) is 0.380. The van der Waals surface area contributed by atoms with Crippen LogP contribution in [0.3, 0.4) is 0 Å². The molecule has 0 aliphatic carbocycles. The van der Waals surface area contributed by atoms with Crippen molar-refractivity contribution in [3.8, 4) is 11.5 Å². The standard InChI is InChI=1S/C26H34N2O7/c1-18-8-6-10-22(33-2)11-7-9-20(27-34-17-24(31)28-12-4-3-5-13-28)14-19-15-21(29)16-23(30)25(19)26(32)35-18/h6-7,9-10,15-16,18,22,29-30H,3-5,8,11-14,17H2,1-2H3/b9-7+,10-6+,27-20+/t18-,22-/m1/s1. The van der Waals surface area contributed by atoms with E-state index in [-0.39, 0.29) is 42.1 Å². The monoisotopic (exact) mass is 486 g/mol. The lowest BCUT2D eigenvalue weighted by Gasteiger charge is -2.26. The van der Waals surface area contributed by atoms with Gasteiger partial charge in [-0.2, -0.15) is 0 Å². The second-order valence-corrected chi connectivity index (χ2v) is 8.77. The Morgan fingerprint density at radius 3 is 2.69 bits per heavy atom. The van der Waals surface area contributed by atoms with Crippen LogP contribution in [0.2, 0.25) is 0 Å². The number of rotatable bonds is 4. The summed E-state index contributed by atoms with van der Waals surface area (Å²) in [5.41, 5.74) is 0.681. The van der Waals surface area contributed by atoms with Crippen molar-refractivity contribution in [3.63, 3.8) is 0 Å². The minimum atomic E-state index is -0.705. The number of hydrogen-bond donors (Lipinski definition) is 2. The average molecular weight is 487 g/mol. The molecule has 9 nitrogen and oxygen atoms in total. The van der Waals surface area contributed by atoms with Crippen molar-refractivity contribution in [2.45, 2.75) is 57.7 Å². The molecule has 0 bridgehead atoms. The van der Waals surface area contributed by atoms with Gasteiger partial charge in [0.05, 0.1) is 11.8 Å². The molecule has 3 rings (SSSR count). The molecule has 2 atom stereocenters. The topological polar surface area (TPSA) is 118 Å². The number of nitrogens with zero attached hydrogens (tertiary/aromatic N) is 2. The SMILES string of the molecule is CO[C@@H]1/C=C/C[C@@H](C)OC(=O)c2c(O)cc(O)cc2CC(=N/OCC(=O)N2CCCCC2)/C=C/C1. The van der Waals surface area contributed by atoms with E-state index in [9.17, 15) is 19.8 Å². The Balaban J connectivity index is 1.87. The number of methoxy groups -OCH3 is 1. The lowest BCUT2D eigenvalue weighted by Crippen LogP contribution is -2.37. The highest BCUT2D eigenvalue weighted by Gasteiger charge is 2.23. The van der Waals surface area contributed by atoms with E-state index in [1.165, 1.54) is 6.07 Å². The number of cyclic esters (lactones) is 1. The number of phenolic OH excluding ortho intramolecular Hbond substituents is 2. The number of benzene rings is 1. The molecule has 1 aromatic carbocycles. The Morgan fingerprint density at radius 1 is 1.17 bits per heavy atom. The summed E-state index contributed by atoms with van der Waals surface area (Å²) in [6.07, 6.45) is 10.9. The molecule has 2 aliphatic rings. The summed E-state index contributed by atoms with van der Waals surface area (Å²) in [4.78, 5) is 32.5. The maximum Gasteiger partial charge on any atom is 0.342 e. The van der Waals surface area contributed by atoms with E-state index >= 15 is 0 Å². The van der Waals surface area contributed by atoms with Crippen molar-refractivity contribution in [1.82, 2.24) is 4.90 Å². The molecule has 0 saturated carbocycles. The van der Waals surface area contributed by atoms with Gasteiger partial charge >= 0.3 is 5.97 Å². The van der Waals surface area contributed by atoms with Crippen molar-refractivity contribution >= 4 is 17.6 Å². The van der Waals surface area contributed by atoms with Crippen molar-refractivity contribution < 1.29 is 34.1 Å². The summed E-state index contributed by atoms with van der Waals surface area (Å²) in [7, 11) is 1.61. The fourth-order valence-electron chi connectivity index (χ4n) is 4.07. The first-order valence-electron chi connectivity index (χ1n) is 12.0. The van der Waals surface area contributed by atoms with Crippen LogP contribution in [0.25, 0.3) is 0 Å². The van der Waals surface area contributed by atoms with Gasteiger partial charge in [-0.05, 0) is 50.3 Å². The molecule has 190 valence electrons. The van der Waals surface area contributed by atoms with Crippen LogP contribution in [0.15, 0.2) is 41.6 Å². The van der Waals surface area contributed by atoms with Crippen LogP contribution in [0.4, 0.5) is 0 Å². The Kier molecular flexibility index (Phi) is 9.72. The first-order valence-corrected chi connectivity index (χ1v) is 12.0. The van der Waals surface area contributed by atoms with Gasteiger partial charge in [0.2, 0.25) is 0 Å². The molecular weight excluding hydrogens is 452 g/mol. The zero-order valence-corrected chi connectivity index (χ0v) is 20.3. The van der Waals surface area contributed by atoms with E-state index < -0.39 is 12.1 Å². The predicted octanol–water partition coefficient (Wildman–Crippen LogP) is 3.49. The fraction of sp³-hybridized carbons (Fsp3) is 0.500. The maximum atomic E-state index is 12.9. The van der Waals surface area contributed by atoms with Crippen LogP contribution >= 0.6 is 0 Å². The van der Waals surface area contributed by atoms with Crippen LogP contribution in [-0.2, 0) is 25.5 Å². The molecule has 0 spiro atoms. The fourth-order valence-corrected chi connectivity index (χ4v) is 4.07. The number of amides is 1. The van der Waals surface area contributed by atoms with Gasteiger partial charge in [-0.3, -0.25) is 4.79 Å². The smallest absolute Gasteiger partial charge is 0.342 e. The van der Waals surface area contributed by atoms with E-state index in [0.29, 0.717) is 24.1 Å². The highest BCUT2D eigenvalue weighted by atomic mass is 16.6. The van der Waals surface area contributed by atoms with Crippen LogP contribution in [0.5, 0.6) is 11.5 Å². The number of carbonyl (C=O) groups excluding carboxylic acids is 2.